The molecule has 0 heterocycles. The first kappa shape index (κ1) is 15.6. The third-order valence-electron chi connectivity index (χ3n) is 2.78. The molecule has 0 aliphatic carbocycles. The van der Waals surface area contributed by atoms with Crippen molar-refractivity contribution in [3.8, 4) is 0 Å². The molecule has 6 heteroatoms. The Morgan fingerprint density at radius 1 is 1.38 bits per heavy atom. The summed E-state index contributed by atoms with van der Waals surface area (Å²) in [4.78, 5) is 12.0. The molecule has 0 bridgehead atoms. The first-order valence-electron chi connectivity index (χ1n) is 6.30. The third kappa shape index (κ3) is 3.63. The molecule has 0 saturated heterocycles. The molecule has 0 spiro atoms. The summed E-state index contributed by atoms with van der Waals surface area (Å²) in [6, 6.07) is 9.33. The van der Waals surface area contributed by atoms with Crippen LogP contribution in [-0.4, -0.2) is 12.6 Å². The van der Waals surface area contributed by atoms with Gasteiger partial charge in [0.1, 0.15) is 5.82 Å². The summed E-state index contributed by atoms with van der Waals surface area (Å²) in [5.41, 5.74) is 7.82. The van der Waals surface area contributed by atoms with E-state index in [4.69, 9.17) is 10.5 Å². The van der Waals surface area contributed by atoms with Crippen LogP contribution in [0.1, 0.15) is 17.3 Å². The average molecular weight is 400 g/mol. The van der Waals surface area contributed by atoms with Gasteiger partial charge in [-0.15, -0.1) is 0 Å². The fourth-order valence-electron chi connectivity index (χ4n) is 1.81. The number of carbonyl (C=O) groups is 1. The number of nitrogens with two attached hydrogens (primary N) is 1. The van der Waals surface area contributed by atoms with Gasteiger partial charge in [0.25, 0.3) is 0 Å². The van der Waals surface area contributed by atoms with Crippen molar-refractivity contribution in [2.45, 2.75) is 6.92 Å². The Hall–Kier alpha value is -1.83. The van der Waals surface area contributed by atoms with E-state index in [1.54, 1.807) is 31.2 Å². The number of carbonyl (C=O) groups excluding carboxylic acids is 1. The fraction of sp³-hybridized carbons (Fsp3) is 0.133. The molecular weight excluding hydrogens is 386 g/mol. The molecule has 0 amide bonds. The van der Waals surface area contributed by atoms with E-state index in [1.807, 2.05) is 22.6 Å². The number of nitrogen functional groups attached to an aromatic ring is 1. The van der Waals surface area contributed by atoms with E-state index in [1.165, 1.54) is 12.1 Å². The van der Waals surface area contributed by atoms with E-state index in [0.29, 0.717) is 26.2 Å². The van der Waals surface area contributed by atoms with Crippen LogP contribution in [0.15, 0.2) is 36.4 Å². The largest absolute Gasteiger partial charge is 0.462 e. The number of anilines is 3. The summed E-state index contributed by atoms with van der Waals surface area (Å²) in [6.07, 6.45) is 0. The van der Waals surface area contributed by atoms with Crippen LogP contribution >= 0.6 is 22.6 Å². The highest BCUT2D eigenvalue weighted by Crippen LogP contribution is 2.30. The Labute approximate surface area is 135 Å². The smallest absolute Gasteiger partial charge is 0.340 e. The van der Waals surface area contributed by atoms with Crippen LogP contribution in [0, 0.1) is 9.39 Å². The molecule has 2 aromatic rings. The highest BCUT2D eigenvalue weighted by molar-refractivity contribution is 14.1. The van der Waals surface area contributed by atoms with E-state index in [9.17, 15) is 9.18 Å². The molecule has 0 radical (unpaired) electrons. The Balaban J connectivity index is 2.41. The topological polar surface area (TPSA) is 64.3 Å². The Bertz CT molecular complexity index is 677. The molecule has 4 nitrogen and oxygen atoms in total. The van der Waals surface area contributed by atoms with E-state index >= 15 is 0 Å². The number of halogens is 2. The van der Waals surface area contributed by atoms with Crippen molar-refractivity contribution in [2.24, 2.45) is 0 Å². The number of esters is 1. The minimum atomic E-state index is -0.454. The predicted octanol–water partition coefficient (Wildman–Crippen LogP) is 3.93. The average Bonchev–Trinajstić information content (AvgIpc) is 2.43. The van der Waals surface area contributed by atoms with Crippen LogP contribution in [0.4, 0.5) is 21.5 Å². The molecule has 0 saturated carbocycles. The summed E-state index contributed by atoms with van der Waals surface area (Å²) in [6.45, 7) is 2.02. The second-order valence-corrected chi connectivity index (χ2v) is 5.40. The Morgan fingerprint density at radius 3 is 2.81 bits per heavy atom. The number of benzene rings is 2. The third-order valence-corrected chi connectivity index (χ3v) is 3.68. The van der Waals surface area contributed by atoms with Gasteiger partial charge in [-0.2, -0.15) is 0 Å². The SMILES string of the molecule is CCOC(=O)c1cccc(N)c1Nc1ccc(F)cc1I. The zero-order valence-electron chi connectivity index (χ0n) is 11.3. The first-order chi connectivity index (χ1) is 10.0. The van der Waals surface area contributed by atoms with Gasteiger partial charge in [0.2, 0.25) is 0 Å². The maximum absolute atomic E-state index is 13.1. The molecule has 0 atom stereocenters. The standard InChI is InChI=1S/C15H14FIN2O2/c1-2-21-15(20)10-4-3-5-12(18)14(10)19-13-7-6-9(16)8-11(13)17/h3-8,19H,2,18H2,1H3. The number of para-hydroxylation sites is 1. The second kappa shape index (κ2) is 6.75. The van der Waals surface area contributed by atoms with Crippen LogP contribution in [0.25, 0.3) is 0 Å². The van der Waals surface area contributed by atoms with Crippen LogP contribution < -0.4 is 11.1 Å². The van der Waals surface area contributed by atoms with Gasteiger partial charge in [0.05, 0.1) is 29.2 Å². The fourth-order valence-corrected chi connectivity index (χ4v) is 2.43. The van der Waals surface area contributed by atoms with Gasteiger partial charge in [-0.3, -0.25) is 0 Å². The van der Waals surface area contributed by atoms with Crippen molar-refractivity contribution in [1.29, 1.82) is 0 Å². The molecular formula is C15H14FIN2O2. The Morgan fingerprint density at radius 2 is 2.14 bits per heavy atom. The summed E-state index contributed by atoms with van der Waals surface area (Å²) in [5.74, 6) is -0.777. The lowest BCUT2D eigenvalue weighted by Gasteiger charge is -2.15. The van der Waals surface area contributed by atoms with Gasteiger partial charge >= 0.3 is 5.97 Å². The summed E-state index contributed by atoms with van der Waals surface area (Å²) >= 11 is 2.01. The first-order valence-corrected chi connectivity index (χ1v) is 7.38. The predicted molar refractivity (Wildman–Crippen MR) is 89.2 cm³/mol. The lowest BCUT2D eigenvalue weighted by molar-refractivity contribution is 0.0527. The van der Waals surface area contributed by atoms with Crippen LogP contribution in [-0.2, 0) is 4.74 Å². The van der Waals surface area contributed by atoms with E-state index in [2.05, 4.69) is 5.32 Å². The minimum absolute atomic E-state index is 0.279. The highest BCUT2D eigenvalue weighted by atomic mass is 127. The molecule has 0 aromatic heterocycles. The van der Waals surface area contributed by atoms with E-state index < -0.39 is 5.97 Å². The summed E-state index contributed by atoms with van der Waals surface area (Å²) in [7, 11) is 0. The molecule has 0 unspecified atom stereocenters. The normalized spacial score (nSPS) is 10.2. The van der Waals surface area contributed by atoms with Crippen LogP contribution in [0.3, 0.4) is 0 Å². The number of nitrogens with one attached hydrogen (secondary N) is 1. The Kier molecular flexibility index (Phi) is 5.00. The second-order valence-electron chi connectivity index (χ2n) is 4.24. The van der Waals surface area contributed by atoms with Gasteiger partial charge in [-0.1, -0.05) is 6.07 Å². The maximum atomic E-state index is 13.1. The van der Waals surface area contributed by atoms with Crippen molar-refractivity contribution in [3.05, 3.63) is 51.3 Å². The summed E-state index contributed by atoms with van der Waals surface area (Å²) in [5, 5.41) is 3.08. The van der Waals surface area contributed by atoms with Crippen LogP contribution in [0.2, 0.25) is 0 Å². The molecule has 0 aliphatic rings. The van der Waals surface area contributed by atoms with Gasteiger partial charge in [0, 0.05) is 3.57 Å². The van der Waals surface area contributed by atoms with Gasteiger partial charge < -0.3 is 15.8 Å². The van der Waals surface area contributed by atoms with Crippen molar-refractivity contribution < 1.29 is 13.9 Å². The zero-order chi connectivity index (χ0) is 15.4. The monoisotopic (exact) mass is 400 g/mol. The van der Waals surface area contributed by atoms with Crippen LogP contribution in [0.5, 0.6) is 0 Å². The molecule has 2 rings (SSSR count). The summed E-state index contributed by atoms with van der Waals surface area (Å²) < 4.78 is 18.8. The van der Waals surface area contributed by atoms with Crippen molar-refractivity contribution in [1.82, 2.24) is 0 Å². The van der Waals surface area contributed by atoms with E-state index in [0.717, 1.165) is 0 Å². The number of hydrogen-bond acceptors (Lipinski definition) is 4. The van der Waals surface area contributed by atoms with Crippen molar-refractivity contribution in [3.63, 3.8) is 0 Å². The molecule has 21 heavy (non-hydrogen) atoms. The quantitative estimate of drug-likeness (QED) is 0.464. The van der Waals surface area contributed by atoms with Gasteiger partial charge in [0.15, 0.2) is 0 Å². The number of ether oxygens (including phenoxy) is 1. The minimum Gasteiger partial charge on any atom is -0.462 e. The van der Waals surface area contributed by atoms with E-state index in [-0.39, 0.29) is 12.4 Å². The van der Waals surface area contributed by atoms with Crippen molar-refractivity contribution >= 4 is 45.6 Å². The molecule has 0 fully saturated rings. The lowest BCUT2D eigenvalue weighted by atomic mass is 10.1. The molecule has 3 N–H and O–H groups in total. The van der Waals surface area contributed by atoms with Gasteiger partial charge in [-0.25, -0.2) is 9.18 Å². The zero-order valence-corrected chi connectivity index (χ0v) is 13.5. The van der Waals surface area contributed by atoms with Gasteiger partial charge in [-0.05, 0) is 59.8 Å². The van der Waals surface area contributed by atoms with Crippen molar-refractivity contribution in [2.75, 3.05) is 17.7 Å². The molecule has 110 valence electrons. The lowest BCUT2D eigenvalue weighted by Crippen LogP contribution is -2.10. The maximum Gasteiger partial charge on any atom is 0.340 e. The molecule has 0 aliphatic heterocycles. The number of rotatable bonds is 4. The molecule has 2 aromatic carbocycles. The number of hydrogen-bond donors (Lipinski definition) is 2. The highest BCUT2D eigenvalue weighted by Gasteiger charge is 2.15.